The van der Waals surface area contributed by atoms with Crippen LogP contribution in [0.25, 0.3) is 10.9 Å². The number of aromatic nitrogens is 1. The van der Waals surface area contributed by atoms with Crippen LogP contribution in [0.3, 0.4) is 0 Å². The molecule has 0 saturated heterocycles. The summed E-state index contributed by atoms with van der Waals surface area (Å²) < 4.78 is 0. The molecule has 3 aromatic rings. The van der Waals surface area contributed by atoms with Crippen LogP contribution in [0.2, 0.25) is 0 Å². The molecule has 1 heterocycles. The predicted octanol–water partition coefficient (Wildman–Crippen LogP) is 4.58. The van der Waals surface area contributed by atoms with E-state index in [0.29, 0.717) is 11.6 Å². The van der Waals surface area contributed by atoms with Crippen molar-refractivity contribution in [1.29, 1.82) is 5.26 Å². The summed E-state index contributed by atoms with van der Waals surface area (Å²) in [5, 5.41) is 10.1. The summed E-state index contributed by atoms with van der Waals surface area (Å²) in [7, 11) is 0. The van der Waals surface area contributed by atoms with Crippen molar-refractivity contribution in [2.24, 2.45) is 0 Å². The van der Waals surface area contributed by atoms with E-state index in [1.807, 2.05) is 12.1 Å². The molecule has 0 aliphatic rings. The van der Waals surface area contributed by atoms with E-state index >= 15 is 0 Å². The molecule has 1 aromatic heterocycles. The fourth-order valence-electron chi connectivity index (χ4n) is 2.78. The molecule has 0 fully saturated rings. The Bertz CT molecular complexity index is 763. The first-order chi connectivity index (χ1) is 9.81. The van der Waals surface area contributed by atoms with Crippen molar-refractivity contribution in [2.45, 2.75) is 19.3 Å². The number of nitriles is 1. The molecule has 3 rings (SSSR count). The lowest BCUT2D eigenvalue weighted by atomic mass is 9.89. The van der Waals surface area contributed by atoms with Gasteiger partial charge in [0.15, 0.2) is 0 Å². The van der Waals surface area contributed by atoms with Crippen molar-refractivity contribution in [3.63, 3.8) is 0 Å². The summed E-state index contributed by atoms with van der Waals surface area (Å²) >= 11 is 0. The van der Waals surface area contributed by atoms with Gasteiger partial charge in [0.1, 0.15) is 11.8 Å². The average Bonchev–Trinajstić information content (AvgIpc) is 2.91. The van der Waals surface area contributed by atoms with Crippen molar-refractivity contribution in [2.75, 3.05) is 0 Å². The first kappa shape index (κ1) is 12.5. The molecular weight excluding hydrogens is 244 g/mol. The van der Waals surface area contributed by atoms with E-state index in [2.05, 4.69) is 60.4 Å². The summed E-state index contributed by atoms with van der Waals surface area (Å²) in [5.74, 6) is 0.404. The van der Waals surface area contributed by atoms with Gasteiger partial charge in [0.2, 0.25) is 0 Å². The molecule has 0 aliphatic heterocycles. The van der Waals surface area contributed by atoms with E-state index in [0.717, 1.165) is 17.3 Å². The van der Waals surface area contributed by atoms with E-state index in [4.69, 9.17) is 5.26 Å². The Kier molecular flexibility index (Phi) is 3.26. The van der Waals surface area contributed by atoms with Gasteiger partial charge < -0.3 is 4.98 Å². The molecule has 0 amide bonds. The van der Waals surface area contributed by atoms with Crippen LogP contribution in [0.5, 0.6) is 0 Å². The zero-order valence-electron chi connectivity index (χ0n) is 11.4. The minimum absolute atomic E-state index is 0.404. The molecule has 1 unspecified atom stereocenters. The number of rotatable bonds is 3. The van der Waals surface area contributed by atoms with Crippen molar-refractivity contribution in [3.05, 3.63) is 71.4 Å². The van der Waals surface area contributed by atoms with Gasteiger partial charge in [0.05, 0.1) is 0 Å². The van der Waals surface area contributed by atoms with Crippen LogP contribution in [0.4, 0.5) is 0 Å². The van der Waals surface area contributed by atoms with Gasteiger partial charge in [-0.15, -0.1) is 0 Å². The lowest BCUT2D eigenvalue weighted by Crippen LogP contribution is -1.99. The maximum Gasteiger partial charge on any atom is 0.118 e. The third-order valence-electron chi connectivity index (χ3n) is 3.78. The van der Waals surface area contributed by atoms with E-state index in [9.17, 15) is 0 Å². The van der Waals surface area contributed by atoms with Crippen LogP contribution in [0, 0.1) is 11.3 Å². The number of nitrogens with one attached hydrogen (secondary N) is 1. The highest BCUT2D eigenvalue weighted by molar-refractivity contribution is 5.82. The van der Waals surface area contributed by atoms with Crippen molar-refractivity contribution in [1.82, 2.24) is 4.98 Å². The highest BCUT2D eigenvalue weighted by Gasteiger charge is 2.12. The van der Waals surface area contributed by atoms with E-state index < -0.39 is 0 Å². The molecule has 1 N–H and O–H groups in total. The Morgan fingerprint density at radius 1 is 1.05 bits per heavy atom. The summed E-state index contributed by atoms with van der Waals surface area (Å²) in [6, 6.07) is 21.0. The summed E-state index contributed by atoms with van der Waals surface area (Å²) in [6.45, 7) is 2.21. The van der Waals surface area contributed by atoms with E-state index in [1.54, 1.807) is 0 Å². The molecule has 20 heavy (non-hydrogen) atoms. The number of nitrogens with zero attached hydrogens (tertiary/aromatic N) is 1. The Morgan fingerprint density at radius 3 is 2.55 bits per heavy atom. The zero-order valence-corrected chi connectivity index (χ0v) is 11.4. The van der Waals surface area contributed by atoms with Gasteiger partial charge >= 0.3 is 0 Å². The SMILES string of the molecule is CCC(c1ccccc1)c1ccc2[nH]c(C#N)cc2c1. The second-order valence-corrected chi connectivity index (χ2v) is 5.01. The minimum Gasteiger partial charge on any atom is -0.346 e. The minimum atomic E-state index is 0.404. The zero-order chi connectivity index (χ0) is 13.9. The molecule has 2 nitrogen and oxygen atoms in total. The van der Waals surface area contributed by atoms with Crippen LogP contribution in [0.1, 0.15) is 36.1 Å². The Morgan fingerprint density at radius 2 is 1.85 bits per heavy atom. The van der Waals surface area contributed by atoms with Crippen molar-refractivity contribution >= 4 is 10.9 Å². The predicted molar refractivity (Wildman–Crippen MR) is 81.6 cm³/mol. The Hall–Kier alpha value is -2.53. The third-order valence-corrected chi connectivity index (χ3v) is 3.78. The largest absolute Gasteiger partial charge is 0.346 e. The molecule has 0 bridgehead atoms. The highest BCUT2D eigenvalue weighted by Crippen LogP contribution is 2.30. The number of fused-ring (bicyclic) bond motifs is 1. The fraction of sp³-hybridized carbons (Fsp3) is 0.167. The lowest BCUT2D eigenvalue weighted by molar-refractivity contribution is 0.778. The summed E-state index contributed by atoms with van der Waals surface area (Å²) in [6.07, 6.45) is 1.06. The molecule has 98 valence electrons. The van der Waals surface area contributed by atoms with Gasteiger partial charge in [-0.2, -0.15) is 5.26 Å². The van der Waals surface area contributed by atoms with Crippen molar-refractivity contribution < 1.29 is 0 Å². The van der Waals surface area contributed by atoms with Crippen LogP contribution in [0.15, 0.2) is 54.6 Å². The Balaban J connectivity index is 2.06. The quantitative estimate of drug-likeness (QED) is 0.735. The standard InChI is InChI=1S/C18H16N2/c1-2-17(13-6-4-3-5-7-13)14-8-9-18-15(10-14)11-16(12-19)20-18/h3-11,17,20H,2H2,1H3. The number of benzene rings is 2. The number of H-pyrrole nitrogens is 1. The maximum absolute atomic E-state index is 8.96. The van der Waals surface area contributed by atoms with Gasteiger partial charge in [-0.3, -0.25) is 0 Å². The molecule has 1 atom stereocenters. The normalized spacial score (nSPS) is 12.2. The molecule has 0 spiro atoms. The average molecular weight is 260 g/mol. The molecular formula is C18H16N2. The van der Waals surface area contributed by atoms with Crippen molar-refractivity contribution in [3.8, 4) is 6.07 Å². The fourth-order valence-corrected chi connectivity index (χ4v) is 2.78. The maximum atomic E-state index is 8.96. The summed E-state index contributed by atoms with van der Waals surface area (Å²) in [5.41, 5.74) is 4.28. The monoisotopic (exact) mass is 260 g/mol. The topological polar surface area (TPSA) is 39.6 Å². The molecule has 2 aromatic carbocycles. The number of aromatic amines is 1. The van der Waals surface area contributed by atoms with Crippen LogP contribution >= 0.6 is 0 Å². The van der Waals surface area contributed by atoms with Gasteiger partial charge in [0.25, 0.3) is 0 Å². The molecule has 0 radical (unpaired) electrons. The molecule has 2 heteroatoms. The van der Waals surface area contributed by atoms with Gasteiger partial charge in [-0.25, -0.2) is 0 Å². The van der Waals surface area contributed by atoms with Gasteiger partial charge in [-0.05, 0) is 35.7 Å². The first-order valence-electron chi connectivity index (χ1n) is 6.89. The summed E-state index contributed by atoms with van der Waals surface area (Å²) in [4.78, 5) is 3.11. The van der Waals surface area contributed by atoms with Crippen LogP contribution in [-0.4, -0.2) is 4.98 Å². The Labute approximate surface area is 118 Å². The second-order valence-electron chi connectivity index (χ2n) is 5.01. The highest BCUT2D eigenvalue weighted by atomic mass is 14.7. The van der Waals surface area contributed by atoms with Gasteiger partial charge in [-0.1, -0.05) is 43.3 Å². The smallest absolute Gasteiger partial charge is 0.118 e. The van der Waals surface area contributed by atoms with Crippen LogP contribution in [-0.2, 0) is 0 Å². The lowest BCUT2D eigenvalue weighted by Gasteiger charge is -2.16. The van der Waals surface area contributed by atoms with Crippen LogP contribution < -0.4 is 0 Å². The number of hydrogen-bond donors (Lipinski definition) is 1. The number of hydrogen-bond acceptors (Lipinski definition) is 1. The molecule has 0 aliphatic carbocycles. The van der Waals surface area contributed by atoms with E-state index in [-0.39, 0.29) is 0 Å². The first-order valence-corrected chi connectivity index (χ1v) is 6.89. The third kappa shape index (κ3) is 2.19. The van der Waals surface area contributed by atoms with Gasteiger partial charge in [0, 0.05) is 16.8 Å². The second kappa shape index (κ2) is 5.22. The molecule has 0 saturated carbocycles. The van der Waals surface area contributed by atoms with E-state index in [1.165, 1.54) is 11.1 Å².